The molecule has 0 amide bonds. The third-order valence-corrected chi connectivity index (χ3v) is 3.50. The van der Waals surface area contributed by atoms with Crippen LogP contribution >= 0.6 is 0 Å². The van der Waals surface area contributed by atoms with Gasteiger partial charge in [0, 0.05) is 61.2 Å². The maximum Gasteiger partial charge on any atom is 0.229 e. The van der Waals surface area contributed by atoms with Crippen molar-refractivity contribution in [2.24, 2.45) is 0 Å². The van der Waals surface area contributed by atoms with Crippen LogP contribution in [-0.2, 0) is 0 Å². The van der Waals surface area contributed by atoms with E-state index >= 15 is 0 Å². The molecule has 0 spiro atoms. The second-order valence-electron chi connectivity index (χ2n) is 5.21. The summed E-state index contributed by atoms with van der Waals surface area (Å²) in [5, 5.41) is 14.1. The van der Waals surface area contributed by atoms with Crippen LogP contribution < -0.4 is 10.6 Å². The molecule has 0 unspecified atom stereocenters. The van der Waals surface area contributed by atoms with Gasteiger partial charge in [-0.15, -0.1) is 5.69 Å². The van der Waals surface area contributed by atoms with Crippen molar-refractivity contribution < 1.29 is 44.1 Å². The van der Waals surface area contributed by atoms with Crippen LogP contribution in [0.15, 0.2) is 60.8 Å². The van der Waals surface area contributed by atoms with Crippen LogP contribution in [0.1, 0.15) is 0 Å². The first-order valence-corrected chi connectivity index (χ1v) is 7.40. The number of nitrogens with one attached hydrogen (secondary N) is 4. The topological polar surface area (TPSA) is 102 Å². The van der Waals surface area contributed by atoms with Crippen LogP contribution in [0.2, 0.25) is 0 Å². The van der Waals surface area contributed by atoms with Crippen LogP contribution in [0, 0.1) is 44.1 Å². The summed E-state index contributed by atoms with van der Waals surface area (Å²) in [6.45, 7) is 0. The molecule has 2 aromatic heterocycles. The minimum absolute atomic E-state index is 0. The Balaban J connectivity index is 0.00000182. The smallest absolute Gasteiger partial charge is 0.229 e. The van der Waals surface area contributed by atoms with Gasteiger partial charge in [-0.05, 0) is 24.3 Å². The fraction of sp³-hybridized carbons (Fsp3) is 0. The zero-order valence-electron chi connectivity index (χ0n) is 13.2. The summed E-state index contributed by atoms with van der Waals surface area (Å²) in [6, 6.07) is 16.7. The van der Waals surface area contributed by atoms with Gasteiger partial charge in [-0.25, -0.2) is 4.98 Å². The Labute approximate surface area is 180 Å². The zero-order valence-corrected chi connectivity index (χ0v) is 17.9. The minimum atomic E-state index is 0. The van der Waals surface area contributed by atoms with E-state index in [1.807, 2.05) is 42.5 Å². The van der Waals surface area contributed by atoms with Crippen LogP contribution in [0.25, 0.3) is 16.6 Å². The number of rotatable bonds is 4. The predicted molar refractivity (Wildman–Crippen MR) is 95.1 cm³/mol. The largest absolute Gasteiger partial charge is 0.699 e. The normalized spacial score (nSPS) is 10.2. The van der Waals surface area contributed by atoms with Crippen LogP contribution in [0.5, 0.6) is 0 Å². The van der Waals surface area contributed by atoms with Crippen molar-refractivity contribution >= 4 is 39.9 Å². The van der Waals surface area contributed by atoms with E-state index in [1.165, 1.54) is 0 Å². The van der Waals surface area contributed by atoms with Gasteiger partial charge in [-0.3, -0.25) is 5.10 Å². The number of aromatic amines is 1. The second kappa shape index (κ2) is 7.81. The van der Waals surface area contributed by atoms with Gasteiger partial charge in [0.1, 0.15) is 11.6 Å². The molecule has 0 aliphatic heterocycles. The summed E-state index contributed by atoms with van der Waals surface area (Å²) < 4.78 is 0. The number of nitrogens with zero attached hydrogens (tertiary/aromatic N) is 3. The van der Waals surface area contributed by atoms with Crippen LogP contribution in [0.3, 0.4) is 0 Å². The van der Waals surface area contributed by atoms with E-state index in [1.54, 1.807) is 18.3 Å². The first-order chi connectivity index (χ1) is 11.8. The Morgan fingerprint density at radius 3 is 2.44 bits per heavy atom. The van der Waals surface area contributed by atoms with E-state index in [2.05, 4.69) is 30.8 Å². The molecule has 0 atom stereocenters. The van der Waals surface area contributed by atoms with Crippen molar-refractivity contribution in [1.29, 1.82) is 0 Å². The van der Waals surface area contributed by atoms with Gasteiger partial charge in [-0.2, -0.15) is 10.1 Å². The van der Waals surface area contributed by atoms with E-state index in [0.29, 0.717) is 17.5 Å². The van der Waals surface area contributed by atoms with Crippen molar-refractivity contribution in [2.75, 3.05) is 10.6 Å². The summed E-state index contributed by atoms with van der Waals surface area (Å²) in [5.74, 6) is 1.92. The third kappa shape index (κ3) is 4.09. The minimum Gasteiger partial charge on any atom is -0.699 e. The number of benzene rings is 2. The van der Waals surface area contributed by atoms with Crippen LogP contribution in [-0.4, -0.2) is 20.2 Å². The molecule has 1 radical (unpaired) electrons. The Hall–Kier alpha value is -2.17. The number of fused-ring (bicyclic) bond motifs is 1. The summed E-state index contributed by atoms with van der Waals surface area (Å²) >= 11 is 0. The van der Waals surface area contributed by atoms with E-state index in [4.69, 9.17) is 5.73 Å². The van der Waals surface area contributed by atoms with Gasteiger partial charge in [-0.1, -0.05) is 24.3 Å². The Bertz CT molecular complexity index is 968. The zero-order chi connectivity index (χ0) is 16.4. The molecular formula is C17H14AcN7-. The van der Waals surface area contributed by atoms with Gasteiger partial charge in [0.05, 0.1) is 11.7 Å². The molecule has 0 saturated carbocycles. The second-order valence-corrected chi connectivity index (χ2v) is 5.21. The molecule has 0 bridgehead atoms. The Morgan fingerprint density at radius 2 is 1.68 bits per heavy atom. The van der Waals surface area contributed by atoms with E-state index in [9.17, 15) is 0 Å². The van der Waals surface area contributed by atoms with Gasteiger partial charge in [0.2, 0.25) is 5.95 Å². The molecule has 25 heavy (non-hydrogen) atoms. The average Bonchev–Trinajstić information content (AvgIpc) is 3.10. The number of anilines is 4. The summed E-state index contributed by atoms with van der Waals surface area (Å²) in [6.07, 6.45) is 1.67. The van der Waals surface area contributed by atoms with Crippen molar-refractivity contribution in [2.45, 2.75) is 0 Å². The number of para-hydroxylation sites is 1. The molecule has 4 aromatic rings. The maximum atomic E-state index is 7.54. The van der Waals surface area contributed by atoms with E-state index < -0.39 is 0 Å². The molecular weight excluding hydrogens is 529 g/mol. The van der Waals surface area contributed by atoms with Gasteiger partial charge >= 0.3 is 0 Å². The summed E-state index contributed by atoms with van der Waals surface area (Å²) in [4.78, 5) is 9.11. The molecule has 4 rings (SSSR count). The monoisotopic (exact) mass is 543 g/mol. The van der Waals surface area contributed by atoms with Crippen molar-refractivity contribution in [3.05, 3.63) is 66.5 Å². The van der Waals surface area contributed by atoms with Crippen molar-refractivity contribution in [3.63, 3.8) is 0 Å². The first kappa shape index (κ1) is 17.6. The molecule has 0 saturated heterocycles. The fourth-order valence-corrected chi connectivity index (χ4v) is 2.36. The quantitative estimate of drug-likeness (QED) is 0.351. The van der Waals surface area contributed by atoms with E-state index in [0.717, 1.165) is 22.4 Å². The first-order valence-electron chi connectivity index (χ1n) is 7.40. The van der Waals surface area contributed by atoms with Crippen molar-refractivity contribution in [3.8, 4) is 0 Å². The van der Waals surface area contributed by atoms with Crippen molar-refractivity contribution in [1.82, 2.24) is 20.2 Å². The maximum absolute atomic E-state index is 7.54. The standard InChI is InChI=1S/C17H14N7.Ac/c18-11-5-7-12(8-6-11)20-17-21-14-4-2-1-3-13(14)16(23-17)22-15-9-10-19-24-15;/h1-10,18H,(H3,19,20,21,22,23,24);/q-1;. The molecule has 7 nitrogen and oxygen atoms in total. The van der Waals surface area contributed by atoms with E-state index in [-0.39, 0.29) is 44.1 Å². The van der Waals surface area contributed by atoms with Gasteiger partial charge in [0.15, 0.2) is 0 Å². The summed E-state index contributed by atoms with van der Waals surface area (Å²) in [5.41, 5.74) is 9.66. The third-order valence-electron chi connectivity index (χ3n) is 3.50. The molecule has 0 fully saturated rings. The Kier molecular flexibility index (Phi) is 5.51. The summed E-state index contributed by atoms with van der Waals surface area (Å²) in [7, 11) is 0. The number of aromatic nitrogens is 4. The number of hydrogen-bond acceptors (Lipinski definition) is 5. The predicted octanol–water partition coefficient (Wildman–Crippen LogP) is 4.52. The SMILES string of the molecule is [Ac].[NH-]c1ccc(Nc2nc(Nc3ccn[nH]3)c3ccccc3n2)cc1. The molecule has 0 aliphatic rings. The molecule has 0 aliphatic carbocycles. The molecule has 2 heterocycles. The molecule has 4 N–H and O–H groups in total. The van der Waals surface area contributed by atoms with Crippen LogP contribution in [0.4, 0.5) is 29.0 Å². The molecule has 2 aromatic carbocycles. The molecule has 8 heteroatoms. The fourth-order valence-electron chi connectivity index (χ4n) is 2.36. The van der Waals surface area contributed by atoms with Gasteiger partial charge in [0.25, 0.3) is 0 Å². The van der Waals surface area contributed by atoms with Gasteiger partial charge < -0.3 is 16.4 Å². The number of hydrogen-bond donors (Lipinski definition) is 3. The average molecular weight is 543 g/mol. The molecule has 121 valence electrons. The Morgan fingerprint density at radius 1 is 0.880 bits per heavy atom. The number of H-pyrrole nitrogens is 1.